The molecule has 1 aromatic carbocycles. The minimum absolute atomic E-state index is 0.0935. The average molecular weight is 440 g/mol. The number of fused-ring (bicyclic) bond motifs is 2. The van der Waals surface area contributed by atoms with E-state index in [1.54, 1.807) is 0 Å². The minimum Gasteiger partial charge on any atom is -0.390 e. The molecule has 2 amide bonds. The monoisotopic (exact) mass is 439 g/mol. The zero-order valence-corrected chi connectivity index (χ0v) is 19.7. The Bertz CT molecular complexity index is 860. The highest BCUT2D eigenvalue weighted by Crippen LogP contribution is 2.60. The maximum Gasteiger partial charge on any atom is 0.235 e. The zero-order valence-electron chi connectivity index (χ0n) is 19.7. The number of carbonyl (C=O) groups is 2. The first kappa shape index (κ1) is 23.1. The van der Waals surface area contributed by atoms with E-state index in [2.05, 4.69) is 34.1 Å². The van der Waals surface area contributed by atoms with E-state index in [0.717, 1.165) is 45.6 Å². The van der Waals surface area contributed by atoms with Gasteiger partial charge in [-0.25, -0.2) is 0 Å². The third-order valence-electron chi connectivity index (χ3n) is 8.31. The SMILES string of the molecule is CC12CCC(C(=O)N(CC(O)CN3CCN(C/C=C/c4ccccc4)CC3)C1=O)C2(C)C. The molecule has 32 heavy (non-hydrogen) atoms. The largest absolute Gasteiger partial charge is 0.390 e. The molecule has 4 rings (SSSR count). The number of rotatable bonds is 7. The van der Waals surface area contributed by atoms with Crippen LogP contribution in [0, 0.1) is 16.7 Å². The Balaban J connectivity index is 1.24. The van der Waals surface area contributed by atoms with Gasteiger partial charge in [-0.1, -0.05) is 63.3 Å². The van der Waals surface area contributed by atoms with Crippen LogP contribution in [0.3, 0.4) is 0 Å². The molecule has 0 radical (unpaired) electrons. The minimum atomic E-state index is -0.711. The van der Waals surface area contributed by atoms with E-state index in [0.29, 0.717) is 6.54 Å². The molecule has 1 saturated carbocycles. The Morgan fingerprint density at radius 2 is 1.69 bits per heavy atom. The van der Waals surface area contributed by atoms with Crippen LogP contribution in [0.25, 0.3) is 6.08 Å². The van der Waals surface area contributed by atoms with Crippen LogP contribution in [-0.4, -0.2) is 83.5 Å². The maximum atomic E-state index is 13.2. The highest BCUT2D eigenvalue weighted by atomic mass is 16.3. The van der Waals surface area contributed by atoms with Gasteiger partial charge in [0.25, 0.3) is 0 Å². The molecule has 0 aromatic heterocycles. The summed E-state index contributed by atoms with van der Waals surface area (Å²) >= 11 is 0. The number of piperidine rings is 1. The quantitative estimate of drug-likeness (QED) is 0.662. The van der Waals surface area contributed by atoms with Crippen molar-refractivity contribution in [2.45, 2.75) is 39.7 Å². The number of hydrogen-bond donors (Lipinski definition) is 1. The summed E-state index contributed by atoms with van der Waals surface area (Å²) in [5.74, 6) is -0.316. The Morgan fingerprint density at radius 1 is 1.03 bits per heavy atom. The van der Waals surface area contributed by atoms with Gasteiger partial charge in [-0.3, -0.25) is 24.3 Å². The van der Waals surface area contributed by atoms with Gasteiger partial charge >= 0.3 is 0 Å². The lowest BCUT2D eigenvalue weighted by Gasteiger charge is -2.48. The van der Waals surface area contributed by atoms with Gasteiger partial charge in [0, 0.05) is 45.2 Å². The van der Waals surface area contributed by atoms with Gasteiger partial charge in [0.1, 0.15) is 0 Å². The topological polar surface area (TPSA) is 64.1 Å². The molecule has 2 heterocycles. The predicted octanol–water partition coefficient (Wildman–Crippen LogP) is 2.49. The van der Waals surface area contributed by atoms with Gasteiger partial charge in [-0.2, -0.15) is 0 Å². The third kappa shape index (κ3) is 4.28. The van der Waals surface area contributed by atoms with Crippen LogP contribution in [0.15, 0.2) is 36.4 Å². The van der Waals surface area contributed by atoms with Crippen LogP contribution in [0.4, 0.5) is 0 Å². The number of piperazine rings is 1. The normalized spacial score (nSPS) is 29.8. The van der Waals surface area contributed by atoms with Crippen LogP contribution in [-0.2, 0) is 9.59 Å². The van der Waals surface area contributed by atoms with E-state index in [4.69, 9.17) is 0 Å². The summed E-state index contributed by atoms with van der Waals surface area (Å²) in [6, 6.07) is 10.3. The van der Waals surface area contributed by atoms with Crippen molar-refractivity contribution in [2.24, 2.45) is 16.7 Å². The van der Waals surface area contributed by atoms with E-state index >= 15 is 0 Å². The molecule has 0 spiro atoms. The molecule has 6 nitrogen and oxygen atoms in total. The Labute approximate surface area is 191 Å². The van der Waals surface area contributed by atoms with Crippen molar-refractivity contribution in [3.8, 4) is 0 Å². The van der Waals surface area contributed by atoms with Crippen molar-refractivity contribution in [2.75, 3.05) is 45.8 Å². The molecule has 1 aromatic rings. The van der Waals surface area contributed by atoms with E-state index < -0.39 is 11.5 Å². The van der Waals surface area contributed by atoms with Gasteiger partial charge in [0.2, 0.25) is 11.8 Å². The fourth-order valence-corrected chi connectivity index (χ4v) is 5.70. The van der Waals surface area contributed by atoms with Gasteiger partial charge in [0.15, 0.2) is 0 Å². The Morgan fingerprint density at radius 3 is 2.38 bits per heavy atom. The van der Waals surface area contributed by atoms with Crippen molar-refractivity contribution >= 4 is 17.9 Å². The highest BCUT2D eigenvalue weighted by Gasteiger charge is 2.64. The standard InChI is InChI=1S/C26H37N3O3/c1-25(2)22-11-12-26(25,3)24(32)29(23(22)31)19-21(30)18-28-16-14-27(15-17-28)13-7-10-20-8-5-4-6-9-20/h4-10,21-22,30H,11-19H2,1-3H3/b10-7+. The number of aliphatic hydroxyl groups is 1. The third-order valence-corrected chi connectivity index (χ3v) is 8.31. The first-order valence-corrected chi connectivity index (χ1v) is 11.9. The number of hydrogen-bond acceptors (Lipinski definition) is 5. The number of amides is 2. The number of imide groups is 1. The van der Waals surface area contributed by atoms with E-state index in [1.165, 1.54) is 10.5 Å². The second-order valence-corrected chi connectivity index (χ2v) is 10.5. The first-order valence-electron chi connectivity index (χ1n) is 11.9. The fourth-order valence-electron chi connectivity index (χ4n) is 5.70. The van der Waals surface area contributed by atoms with E-state index in [1.807, 2.05) is 39.0 Å². The van der Waals surface area contributed by atoms with Crippen LogP contribution < -0.4 is 0 Å². The molecular formula is C26H37N3O3. The fraction of sp³-hybridized carbons (Fsp3) is 0.615. The second kappa shape index (κ2) is 9.08. The van der Waals surface area contributed by atoms with Crippen molar-refractivity contribution in [1.82, 2.24) is 14.7 Å². The molecular weight excluding hydrogens is 402 g/mol. The lowest BCUT2D eigenvalue weighted by Crippen LogP contribution is -2.61. The molecule has 3 aliphatic rings. The summed E-state index contributed by atoms with van der Waals surface area (Å²) in [7, 11) is 0. The molecule has 3 fully saturated rings. The predicted molar refractivity (Wildman–Crippen MR) is 126 cm³/mol. The van der Waals surface area contributed by atoms with Crippen molar-refractivity contribution in [3.63, 3.8) is 0 Å². The molecule has 3 atom stereocenters. The van der Waals surface area contributed by atoms with Crippen molar-refractivity contribution in [3.05, 3.63) is 42.0 Å². The number of aliphatic hydroxyl groups excluding tert-OH is 1. The molecule has 3 unspecified atom stereocenters. The summed E-state index contributed by atoms with van der Waals surface area (Å²) in [4.78, 5) is 32.2. The lowest BCUT2D eigenvalue weighted by molar-refractivity contribution is -0.169. The summed E-state index contributed by atoms with van der Waals surface area (Å²) in [5.41, 5.74) is 0.389. The molecule has 2 saturated heterocycles. The molecule has 2 aliphatic heterocycles. The van der Waals surface area contributed by atoms with Gasteiger partial charge in [-0.15, -0.1) is 0 Å². The smallest absolute Gasteiger partial charge is 0.235 e. The highest BCUT2D eigenvalue weighted by molar-refractivity contribution is 6.03. The van der Waals surface area contributed by atoms with E-state index in [9.17, 15) is 14.7 Å². The van der Waals surface area contributed by atoms with Crippen LogP contribution in [0.2, 0.25) is 0 Å². The van der Waals surface area contributed by atoms with Gasteiger partial charge < -0.3 is 5.11 Å². The van der Waals surface area contributed by atoms with Crippen molar-refractivity contribution in [1.29, 1.82) is 0 Å². The number of nitrogens with zero attached hydrogens (tertiary/aromatic N) is 3. The number of likely N-dealkylation sites (tertiary alicyclic amines) is 1. The van der Waals surface area contributed by atoms with Gasteiger partial charge in [0.05, 0.1) is 18.1 Å². The van der Waals surface area contributed by atoms with Crippen molar-refractivity contribution < 1.29 is 14.7 Å². The molecule has 1 aliphatic carbocycles. The zero-order chi connectivity index (χ0) is 22.9. The maximum absolute atomic E-state index is 13.2. The summed E-state index contributed by atoms with van der Waals surface area (Å²) in [6.45, 7) is 11.3. The molecule has 6 heteroatoms. The van der Waals surface area contributed by atoms with E-state index in [-0.39, 0.29) is 29.7 Å². The Kier molecular flexibility index (Phi) is 6.57. The number of benzene rings is 1. The first-order chi connectivity index (χ1) is 15.2. The summed E-state index contributed by atoms with van der Waals surface area (Å²) in [5, 5.41) is 10.7. The average Bonchev–Trinajstić information content (AvgIpc) is 2.97. The molecule has 174 valence electrons. The lowest BCUT2D eigenvalue weighted by atomic mass is 9.62. The van der Waals surface area contributed by atoms with Crippen LogP contribution in [0.1, 0.15) is 39.2 Å². The number of carbonyl (C=O) groups excluding carboxylic acids is 2. The second-order valence-electron chi connectivity index (χ2n) is 10.5. The van der Waals surface area contributed by atoms with Gasteiger partial charge in [-0.05, 0) is 23.8 Å². The molecule has 2 bridgehead atoms. The Hall–Kier alpha value is -2.02. The van der Waals surface area contributed by atoms with Crippen LogP contribution in [0.5, 0.6) is 0 Å². The van der Waals surface area contributed by atoms with Crippen LogP contribution >= 0.6 is 0 Å². The molecule has 1 N–H and O–H groups in total. The number of β-amino-alcohol motifs (C(OH)–C–C–N with tert-alkyl or cyclic N) is 1. The summed E-state index contributed by atoms with van der Waals surface area (Å²) < 4.78 is 0. The summed E-state index contributed by atoms with van der Waals surface area (Å²) in [6.07, 6.45) is 5.15.